The smallest absolute Gasteiger partial charge is 0.308 e. The minimum atomic E-state index is -0.641. The maximum atomic E-state index is 12.8. The number of nitrogens with zero attached hydrogens (tertiary/aromatic N) is 1. The van der Waals surface area contributed by atoms with Crippen LogP contribution in [-0.4, -0.2) is 58.5 Å². The van der Waals surface area contributed by atoms with Crippen LogP contribution in [0.4, 0.5) is 5.69 Å². The molecule has 31 heavy (non-hydrogen) atoms. The van der Waals surface area contributed by atoms with Crippen LogP contribution in [0.25, 0.3) is 0 Å². The van der Waals surface area contributed by atoms with Gasteiger partial charge in [0.2, 0.25) is 11.8 Å². The number of esters is 1. The molecule has 2 bridgehead atoms. The number of halogens is 2. The predicted octanol–water partition coefficient (Wildman–Crippen LogP) is 2.34. The lowest BCUT2D eigenvalue weighted by molar-refractivity contribution is -0.149. The number of carbonyl (C=O) groups is 4. The van der Waals surface area contributed by atoms with Gasteiger partial charge >= 0.3 is 5.97 Å². The summed E-state index contributed by atoms with van der Waals surface area (Å²) < 4.78 is 10.1. The Kier molecular flexibility index (Phi) is 6.39. The molecule has 2 saturated carbocycles. The molecule has 0 radical (unpaired) electrons. The largest absolute Gasteiger partial charge is 0.497 e. The number of imide groups is 1. The van der Waals surface area contributed by atoms with E-state index in [2.05, 4.69) is 37.2 Å². The van der Waals surface area contributed by atoms with Gasteiger partial charge in [-0.3, -0.25) is 24.1 Å². The Balaban J connectivity index is 1.25. The average molecular weight is 558 g/mol. The van der Waals surface area contributed by atoms with Crippen molar-refractivity contribution < 1.29 is 28.7 Å². The molecule has 1 saturated heterocycles. The van der Waals surface area contributed by atoms with Crippen molar-refractivity contribution in [2.24, 2.45) is 23.7 Å². The number of methoxy groups -OCH3 is 1. The Morgan fingerprint density at radius 2 is 1.77 bits per heavy atom. The van der Waals surface area contributed by atoms with Gasteiger partial charge < -0.3 is 14.8 Å². The van der Waals surface area contributed by atoms with Crippen molar-refractivity contribution in [3.8, 4) is 5.75 Å². The highest BCUT2D eigenvalue weighted by Crippen LogP contribution is 2.60. The van der Waals surface area contributed by atoms with Gasteiger partial charge in [-0.05, 0) is 30.4 Å². The Morgan fingerprint density at radius 1 is 1.13 bits per heavy atom. The number of ether oxygens (including phenoxy) is 2. The standard InChI is InChI=1S/C21H22Br2N2O6/c1-30-11-4-2-3-10(7-11)24-14(26)9-31-15(27)5-6-25-20(28)16-12-8-13(17(16)21(25)29)19(23)18(12)22/h2-4,7,12-13,16-19H,5-6,8-9H2,1H3,(H,24,26)/t12-,13-,16-,17+,18-,19+/m1/s1. The lowest BCUT2D eigenvalue weighted by Gasteiger charge is -2.28. The van der Waals surface area contributed by atoms with Gasteiger partial charge in [-0.1, -0.05) is 37.9 Å². The van der Waals surface area contributed by atoms with Crippen LogP contribution in [0.15, 0.2) is 24.3 Å². The zero-order chi connectivity index (χ0) is 22.3. The maximum Gasteiger partial charge on any atom is 0.308 e. The molecule has 10 heteroatoms. The molecule has 1 N–H and O–H groups in total. The van der Waals surface area contributed by atoms with Crippen LogP contribution in [0, 0.1) is 23.7 Å². The third kappa shape index (κ3) is 4.11. The van der Waals surface area contributed by atoms with E-state index in [0.717, 1.165) is 6.42 Å². The second kappa shape index (κ2) is 8.90. The van der Waals surface area contributed by atoms with E-state index in [-0.39, 0.29) is 58.1 Å². The summed E-state index contributed by atoms with van der Waals surface area (Å²) in [5.41, 5.74) is 0.519. The predicted molar refractivity (Wildman–Crippen MR) is 118 cm³/mol. The summed E-state index contributed by atoms with van der Waals surface area (Å²) in [5, 5.41) is 2.61. The van der Waals surface area contributed by atoms with Crippen LogP contribution in [0.5, 0.6) is 5.75 Å². The summed E-state index contributed by atoms with van der Waals surface area (Å²) in [6.07, 6.45) is 0.713. The highest BCUT2D eigenvalue weighted by Gasteiger charge is 2.66. The van der Waals surface area contributed by atoms with Crippen molar-refractivity contribution in [2.45, 2.75) is 22.5 Å². The van der Waals surface area contributed by atoms with E-state index in [4.69, 9.17) is 9.47 Å². The Hall–Kier alpha value is -1.94. The lowest BCUT2D eigenvalue weighted by Crippen LogP contribution is -2.37. The zero-order valence-corrected chi connectivity index (χ0v) is 19.9. The van der Waals surface area contributed by atoms with Crippen molar-refractivity contribution in [3.63, 3.8) is 0 Å². The average Bonchev–Trinajstić information content (AvgIpc) is 3.36. The van der Waals surface area contributed by atoms with E-state index in [9.17, 15) is 19.2 Å². The third-order valence-electron chi connectivity index (χ3n) is 6.34. The highest BCUT2D eigenvalue weighted by molar-refractivity contribution is 9.12. The molecule has 1 heterocycles. The first-order valence-electron chi connectivity index (χ1n) is 10.0. The number of hydrogen-bond donors (Lipinski definition) is 1. The highest BCUT2D eigenvalue weighted by atomic mass is 79.9. The van der Waals surface area contributed by atoms with Crippen LogP contribution in [0.1, 0.15) is 12.8 Å². The van der Waals surface area contributed by atoms with Crippen molar-refractivity contribution >= 4 is 61.2 Å². The minimum Gasteiger partial charge on any atom is -0.497 e. The number of alkyl halides is 2. The number of carbonyl (C=O) groups excluding carboxylic acids is 4. The number of likely N-dealkylation sites (tertiary alicyclic amines) is 1. The number of hydrogen-bond acceptors (Lipinski definition) is 6. The van der Waals surface area contributed by atoms with E-state index in [0.29, 0.717) is 11.4 Å². The molecule has 8 nitrogen and oxygen atoms in total. The molecular weight excluding hydrogens is 536 g/mol. The van der Waals surface area contributed by atoms with Gasteiger partial charge in [0.05, 0.1) is 25.4 Å². The molecule has 1 aromatic carbocycles. The fraction of sp³-hybridized carbons (Fsp3) is 0.524. The number of amides is 3. The second-order valence-corrected chi connectivity index (χ2v) is 10.1. The van der Waals surface area contributed by atoms with Crippen LogP contribution in [-0.2, 0) is 23.9 Å². The molecule has 1 aromatic rings. The van der Waals surface area contributed by atoms with Gasteiger partial charge in [-0.25, -0.2) is 0 Å². The summed E-state index contributed by atoms with van der Waals surface area (Å²) in [4.78, 5) is 51.2. The minimum absolute atomic E-state index is 0.0274. The molecule has 2 aliphatic carbocycles. The third-order valence-corrected chi connectivity index (χ3v) is 9.54. The first kappa shape index (κ1) is 22.3. The van der Waals surface area contributed by atoms with Crippen molar-refractivity contribution in [2.75, 3.05) is 25.6 Å². The van der Waals surface area contributed by atoms with E-state index >= 15 is 0 Å². The van der Waals surface area contributed by atoms with E-state index < -0.39 is 18.5 Å². The summed E-state index contributed by atoms with van der Waals surface area (Å²) in [7, 11) is 1.52. The molecule has 1 aliphatic heterocycles. The van der Waals surface area contributed by atoms with Gasteiger partial charge in [0.15, 0.2) is 6.61 Å². The molecule has 3 amide bonds. The molecule has 166 valence electrons. The van der Waals surface area contributed by atoms with E-state index in [1.807, 2.05) is 0 Å². The number of anilines is 1. The number of rotatable bonds is 7. The molecule has 4 rings (SSSR count). The lowest BCUT2D eigenvalue weighted by atomic mass is 9.81. The molecular formula is C21H22Br2N2O6. The van der Waals surface area contributed by atoms with Gasteiger partial charge in [-0.15, -0.1) is 0 Å². The quantitative estimate of drug-likeness (QED) is 0.314. The first-order valence-corrected chi connectivity index (χ1v) is 11.9. The molecule has 3 fully saturated rings. The second-order valence-electron chi connectivity index (χ2n) is 8.02. The topological polar surface area (TPSA) is 102 Å². The van der Waals surface area contributed by atoms with E-state index in [1.54, 1.807) is 24.3 Å². The summed E-state index contributed by atoms with van der Waals surface area (Å²) in [5.74, 6) is -1.29. The fourth-order valence-corrected chi connectivity index (χ4v) is 6.82. The summed E-state index contributed by atoms with van der Waals surface area (Å²) in [6, 6.07) is 6.79. The van der Waals surface area contributed by atoms with Crippen molar-refractivity contribution in [1.82, 2.24) is 4.90 Å². The molecule has 0 aromatic heterocycles. The molecule has 0 spiro atoms. The van der Waals surface area contributed by atoms with E-state index in [1.165, 1.54) is 12.0 Å². The monoisotopic (exact) mass is 556 g/mol. The van der Waals surface area contributed by atoms with Gasteiger partial charge in [0.25, 0.3) is 5.91 Å². The number of benzene rings is 1. The Labute approximate surface area is 196 Å². The van der Waals surface area contributed by atoms with Crippen molar-refractivity contribution in [1.29, 1.82) is 0 Å². The van der Waals surface area contributed by atoms with Gasteiger partial charge in [0.1, 0.15) is 5.75 Å². The maximum absolute atomic E-state index is 12.8. The number of fused-ring (bicyclic) bond motifs is 5. The summed E-state index contributed by atoms with van der Waals surface area (Å²) in [6.45, 7) is -0.482. The van der Waals surface area contributed by atoms with Crippen molar-refractivity contribution in [3.05, 3.63) is 24.3 Å². The van der Waals surface area contributed by atoms with Gasteiger partial charge in [-0.2, -0.15) is 0 Å². The van der Waals surface area contributed by atoms with Crippen LogP contribution in [0.2, 0.25) is 0 Å². The Bertz CT molecular complexity index is 893. The van der Waals surface area contributed by atoms with Crippen LogP contribution in [0.3, 0.4) is 0 Å². The number of nitrogens with one attached hydrogen (secondary N) is 1. The zero-order valence-electron chi connectivity index (χ0n) is 16.8. The normalized spacial score (nSPS) is 31.0. The van der Waals surface area contributed by atoms with Crippen LogP contribution < -0.4 is 10.1 Å². The molecule has 3 aliphatic rings. The molecule has 0 unspecified atom stereocenters. The Morgan fingerprint density at radius 3 is 2.39 bits per heavy atom. The SMILES string of the molecule is COc1cccc(NC(=O)COC(=O)CCN2C(=O)[C@@H]3[C@H]4C[C@@H]([C@H](Br)[C@@H]4Br)[C@@H]3C2=O)c1. The van der Waals surface area contributed by atoms with Crippen LogP contribution >= 0.6 is 31.9 Å². The van der Waals surface area contributed by atoms with Gasteiger partial charge in [0, 0.05) is 28.0 Å². The molecule has 6 atom stereocenters. The summed E-state index contributed by atoms with van der Waals surface area (Å²) >= 11 is 7.29. The fourth-order valence-electron chi connectivity index (χ4n) is 4.95. The first-order chi connectivity index (χ1) is 14.8.